The van der Waals surface area contributed by atoms with Crippen LogP contribution in [-0.2, 0) is 4.74 Å². The Balaban J connectivity index is 1.73. The summed E-state index contributed by atoms with van der Waals surface area (Å²) in [6.07, 6.45) is -0.858. The van der Waals surface area contributed by atoms with Crippen LogP contribution in [0.1, 0.15) is 33.1 Å². The van der Waals surface area contributed by atoms with Gasteiger partial charge in [-0.15, -0.1) is 4.39 Å². The van der Waals surface area contributed by atoms with Gasteiger partial charge in [0.25, 0.3) is 0 Å². The van der Waals surface area contributed by atoms with Gasteiger partial charge in [0.05, 0.1) is 12.2 Å². The van der Waals surface area contributed by atoms with Gasteiger partial charge in [-0.05, 0) is 25.2 Å². The fraction of sp³-hybridized carbons (Fsp3) is 0.933. The van der Waals surface area contributed by atoms with Crippen molar-refractivity contribution in [1.82, 2.24) is 9.80 Å². The highest BCUT2D eigenvalue weighted by Crippen LogP contribution is 2.23. The largest absolute Gasteiger partial charge is 0.400 e. The highest BCUT2D eigenvalue weighted by molar-refractivity contribution is 5.66. The molecule has 1 amide bonds. The first-order chi connectivity index (χ1) is 9.95. The van der Waals surface area contributed by atoms with Crippen LogP contribution in [0, 0.1) is 5.92 Å². The molecule has 2 heterocycles. The third kappa shape index (κ3) is 4.88. The summed E-state index contributed by atoms with van der Waals surface area (Å²) >= 11 is 0. The quantitative estimate of drug-likeness (QED) is 0.591. The monoisotopic (exact) mass is 304 g/mol. The lowest BCUT2D eigenvalue weighted by molar-refractivity contribution is -0.0972. The minimum atomic E-state index is -1.38. The Morgan fingerprint density at radius 3 is 2.43 bits per heavy atom. The second-order valence-electron chi connectivity index (χ2n) is 6.57. The molecule has 2 saturated heterocycles. The summed E-state index contributed by atoms with van der Waals surface area (Å²) in [6, 6.07) is 0. The van der Waals surface area contributed by atoms with Gasteiger partial charge in [0.15, 0.2) is 0 Å². The molecule has 0 saturated carbocycles. The molecule has 4 nitrogen and oxygen atoms in total. The Hall–Kier alpha value is -0.750. The Morgan fingerprint density at radius 2 is 1.90 bits per heavy atom. The molecule has 0 aromatic carbocycles. The van der Waals surface area contributed by atoms with E-state index < -0.39 is 12.3 Å². The maximum Gasteiger partial charge on any atom is 0.400 e. The van der Waals surface area contributed by atoms with Gasteiger partial charge in [0, 0.05) is 32.7 Å². The van der Waals surface area contributed by atoms with Gasteiger partial charge >= 0.3 is 6.16 Å². The molecule has 0 spiro atoms. The van der Waals surface area contributed by atoms with Gasteiger partial charge in [-0.25, -0.2) is 9.18 Å². The van der Waals surface area contributed by atoms with E-state index in [1.165, 1.54) is 4.90 Å². The predicted molar refractivity (Wildman–Crippen MR) is 76.8 cm³/mol. The zero-order valence-corrected chi connectivity index (χ0v) is 12.9. The number of hydrogen-bond donors (Lipinski definition) is 0. The summed E-state index contributed by atoms with van der Waals surface area (Å²) in [6.45, 7) is 7.22. The highest BCUT2D eigenvalue weighted by atomic mass is 19.1. The number of carbonyl (C=O) groups is 1. The molecule has 2 atom stereocenters. The number of ether oxygens (including phenoxy) is 1. The lowest BCUT2D eigenvalue weighted by atomic mass is 10.0. The standard InChI is InChI=1S/C15H26F2N2O2/c1-11(2)9-18-6-5-14(13(16)10-18)21-12-3-7-19(8-4-12)15(17)20/h11-14H,3-10H2,1-2H3. The van der Waals surface area contributed by atoms with Crippen molar-refractivity contribution in [3.8, 4) is 0 Å². The van der Waals surface area contributed by atoms with Crippen molar-refractivity contribution in [2.75, 3.05) is 32.7 Å². The fourth-order valence-corrected chi connectivity index (χ4v) is 3.20. The topological polar surface area (TPSA) is 32.8 Å². The Bertz CT molecular complexity index is 347. The molecule has 0 bridgehead atoms. The number of piperidine rings is 2. The molecule has 0 aromatic heterocycles. The van der Waals surface area contributed by atoms with E-state index in [1.807, 2.05) is 0 Å². The number of rotatable bonds is 4. The average molecular weight is 304 g/mol. The first-order valence-corrected chi connectivity index (χ1v) is 7.92. The Morgan fingerprint density at radius 1 is 1.24 bits per heavy atom. The van der Waals surface area contributed by atoms with Crippen molar-refractivity contribution in [3.63, 3.8) is 0 Å². The summed E-state index contributed by atoms with van der Waals surface area (Å²) in [5.41, 5.74) is 0. The van der Waals surface area contributed by atoms with E-state index in [1.54, 1.807) is 0 Å². The maximum absolute atomic E-state index is 14.2. The molecule has 6 heteroatoms. The van der Waals surface area contributed by atoms with E-state index >= 15 is 0 Å². The minimum absolute atomic E-state index is 0.0551. The van der Waals surface area contributed by atoms with E-state index in [0.29, 0.717) is 44.8 Å². The van der Waals surface area contributed by atoms with Gasteiger partial charge in [0.2, 0.25) is 0 Å². The lowest BCUT2D eigenvalue weighted by Gasteiger charge is -2.38. The molecule has 2 unspecified atom stereocenters. The molecule has 0 N–H and O–H groups in total. The van der Waals surface area contributed by atoms with Gasteiger partial charge in [-0.2, -0.15) is 0 Å². The molecule has 21 heavy (non-hydrogen) atoms. The van der Waals surface area contributed by atoms with E-state index in [4.69, 9.17) is 4.74 Å². The number of nitrogens with zero attached hydrogens (tertiary/aromatic N) is 2. The number of carbonyl (C=O) groups excluding carboxylic acids is 1. The zero-order valence-electron chi connectivity index (χ0n) is 12.9. The third-order valence-corrected chi connectivity index (χ3v) is 4.25. The van der Waals surface area contributed by atoms with Crippen molar-refractivity contribution in [2.45, 2.75) is 51.5 Å². The summed E-state index contributed by atoms with van der Waals surface area (Å²) in [5, 5.41) is 0. The van der Waals surface area contributed by atoms with Crippen LogP contribution in [0.5, 0.6) is 0 Å². The smallest absolute Gasteiger partial charge is 0.372 e. The summed E-state index contributed by atoms with van der Waals surface area (Å²) in [5.74, 6) is 0.539. The molecular formula is C15H26F2N2O2. The first kappa shape index (κ1) is 16.6. The molecule has 2 rings (SSSR count). The van der Waals surface area contributed by atoms with E-state index in [0.717, 1.165) is 13.1 Å². The number of amides is 1. The third-order valence-electron chi connectivity index (χ3n) is 4.25. The molecule has 0 radical (unpaired) electrons. The highest BCUT2D eigenvalue weighted by Gasteiger charge is 2.33. The lowest BCUT2D eigenvalue weighted by Crippen LogP contribution is -2.49. The normalized spacial score (nSPS) is 29.1. The van der Waals surface area contributed by atoms with Crippen molar-refractivity contribution in [1.29, 1.82) is 0 Å². The fourth-order valence-electron chi connectivity index (χ4n) is 3.20. The van der Waals surface area contributed by atoms with Crippen molar-refractivity contribution >= 4 is 6.16 Å². The van der Waals surface area contributed by atoms with Gasteiger partial charge in [-0.3, -0.25) is 4.90 Å². The molecule has 2 aliphatic rings. The van der Waals surface area contributed by atoms with Crippen LogP contribution in [0.15, 0.2) is 0 Å². The van der Waals surface area contributed by atoms with E-state index in [9.17, 15) is 13.6 Å². The van der Waals surface area contributed by atoms with E-state index in [-0.39, 0.29) is 12.2 Å². The van der Waals surface area contributed by atoms with E-state index in [2.05, 4.69) is 18.7 Å². The molecule has 0 aromatic rings. The number of hydrogen-bond acceptors (Lipinski definition) is 3. The Kier molecular flexibility index (Phi) is 5.93. The van der Waals surface area contributed by atoms with Crippen LogP contribution in [0.3, 0.4) is 0 Å². The second-order valence-corrected chi connectivity index (χ2v) is 6.57. The molecule has 2 fully saturated rings. The SMILES string of the molecule is CC(C)CN1CCC(OC2CCN(C(=O)F)CC2)C(F)C1. The van der Waals surface area contributed by atoms with Crippen molar-refractivity contribution in [2.24, 2.45) is 5.92 Å². The maximum atomic E-state index is 14.2. The summed E-state index contributed by atoms with van der Waals surface area (Å²) in [4.78, 5) is 14.0. The van der Waals surface area contributed by atoms with Crippen molar-refractivity contribution in [3.05, 3.63) is 0 Å². The number of likely N-dealkylation sites (tertiary alicyclic amines) is 2. The number of alkyl halides is 1. The average Bonchev–Trinajstić information content (AvgIpc) is 2.42. The van der Waals surface area contributed by atoms with Gasteiger partial charge < -0.3 is 9.64 Å². The number of halogens is 2. The molecule has 2 aliphatic heterocycles. The van der Waals surface area contributed by atoms with Crippen molar-refractivity contribution < 1.29 is 18.3 Å². The minimum Gasteiger partial charge on any atom is -0.372 e. The van der Waals surface area contributed by atoms with Crippen LogP contribution in [0.25, 0.3) is 0 Å². The zero-order chi connectivity index (χ0) is 15.4. The summed E-state index contributed by atoms with van der Waals surface area (Å²) < 4.78 is 32.6. The van der Waals surface area contributed by atoms with Crippen LogP contribution in [0.2, 0.25) is 0 Å². The van der Waals surface area contributed by atoms with Gasteiger partial charge in [-0.1, -0.05) is 13.8 Å². The molecule has 0 aliphatic carbocycles. The second kappa shape index (κ2) is 7.49. The van der Waals surface area contributed by atoms with Crippen LogP contribution >= 0.6 is 0 Å². The Labute approximate surface area is 125 Å². The van der Waals surface area contributed by atoms with Crippen LogP contribution in [-0.4, -0.2) is 67.1 Å². The first-order valence-electron chi connectivity index (χ1n) is 7.92. The molecule has 122 valence electrons. The predicted octanol–water partition coefficient (Wildman–Crippen LogP) is 2.63. The summed E-state index contributed by atoms with van der Waals surface area (Å²) in [7, 11) is 0. The van der Waals surface area contributed by atoms with Crippen LogP contribution in [0.4, 0.5) is 13.6 Å². The van der Waals surface area contributed by atoms with Gasteiger partial charge in [0.1, 0.15) is 6.17 Å². The van der Waals surface area contributed by atoms with Crippen LogP contribution < -0.4 is 0 Å². The molecular weight excluding hydrogens is 278 g/mol.